The Balaban J connectivity index is 1.67. The number of aryl methyl sites for hydroxylation is 2. The van der Waals surface area contributed by atoms with Gasteiger partial charge in [-0.05, 0) is 19.9 Å². The molecule has 1 amide bonds. The third kappa shape index (κ3) is 3.80. The van der Waals surface area contributed by atoms with E-state index in [0.29, 0.717) is 18.1 Å². The average molecular weight is 459 g/mol. The van der Waals surface area contributed by atoms with Gasteiger partial charge in [0.1, 0.15) is 5.82 Å². The zero-order valence-electron chi connectivity index (χ0n) is 18.2. The van der Waals surface area contributed by atoms with E-state index >= 15 is 0 Å². The van der Waals surface area contributed by atoms with Crippen LogP contribution in [0.1, 0.15) is 39.5 Å². The molecule has 4 aromatic rings. The van der Waals surface area contributed by atoms with Gasteiger partial charge in [-0.2, -0.15) is 0 Å². The standard InChI is InChI=1S/C24H22N6O2S/c1-15-20(33-14-25-15)12-13-29(24(31)32)22-23-28-27-16(2)30(23)19-11-7-6-10-18(19)21(26-22)17-8-4-3-5-9-17/h3-11,14,22H,12-13H2,1-2H3,(H,31,32). The first-order valence-corrected chi connectivity index (χ1v) is 11.5. The van der Waals surface area contributed by atoms with Crippen molar-refractivity contribution < 1.29 is 9.90 Å². The van der Waals surface area contributed by atoms with Gasteiger partial charge in [-0.25, -0.2) is 9.78 Å². The molecular formula is C24H22N6O2S. The normalized spacial score (nSPS) is 14.7. The number of aliphatic imine (C=N–C) groups is 1. The number of nitrogens with zero attached hydrogens (tertiary/aromatic N) is 6. The summed E-state index contributed by atoms with van der Waals surface area (Å²) < 4.78 is 1.91. The van der Waals surface area contributed by atoms with Crippen LogP contribution in [0.2, 0.25) is 0 Å². The third-order valence-corrected chi connectivity index (χ3v) is 6.74. The zero-order valence-corrected chi connectivity index (χ0v) is 19.0. The van der Waals surface area contributed by atoms with Crippen LogP contribution in [0.4, 0.5) is 4.79 Å². The maximum absolute atomic E-state index is 12.5. The number of carbonyl (C=O) groups is 1. The van der Waals surface area contributed by atoms with Gasteiger partial charge in [0.2, 0.25) is 0 Å². The van der Waals surface area contributed by atoms with Crippen LogP contribution in [0, 0.1) is 13.8 Å². The molecule has 2 aromatic carbocycles. The number of benzene rings is 2. The summed E-state index contributed by atoms with van der Waals surface area (Å²) in [5.41, 5.74) is 6.12. The second kappa shape index (κ2) is 8.59. The minimum Gasteiger partial charge on any atom is -0.465 e. The maximum atomic E-state index is 12.5. The van der Waals surface area contributed by atoms with E-state index in [0.717, 1.165) is 33.1 Å². The van der Waals surface area contributed by atoms with Crippen LogP contribution < -0.4 is 0 Å². The predicted octanol–water partition coefficient (Wildman–Crippen LogP) is 4.41. The summed E-state index contributed by atoms with van der Waals surface area (Å²) in [5, 5.41) is 18.9. The van der Waals surface area contributed by atoms with Gasteiger partial charge in [0.05, 0.1) is 22.6 Å². The molecule has 8 nitrogen and oxygen atoms in total. The summed E-state index contributed by atoms with van der Waals surface area (Å²) in [6.07, 6.45) is -1.36. The van der Waals surface area contributed by atoms with Crippen LogP contribution in [0.25, 0.3) is 5.69 Å². The minimum absolute atomic E-state index is 0.261. The lowest BCUT2D eigenvalue weighted by Gasteiger charge is -2.25. The lowest BCUT2D eigenvalue weighted by Crippen LogP contribution is -2.36. The first-order chi connectivity index (χ1) is 16.0. The van der Waals surface area contributed by atoms with Crippen molar-refractivity contribution in [1.29, 1.82) is 0 Å². The van der Waals surface area contributed by atoms with Crippen molar-refractivity contribution >= 4 is 23.1 Å². The van der Waals surface area contributed by atoms with E-state index in [4.69, 9.17) is 4.99 Å². The van der Waals surface area contributed by atoms with Crippen LogP contribution in [0.5, 0.6) is 0 Å². The zero-order chi connectivity index (χ0) is 22.9. The molecule has 0 bridgehead atoms. The molecule has 9 heteroatoms. The molecule has 166 valence electrons. The Hall–Kier alpha value is -3.85. The molecule has 1 aliphatic rings. The number of amides is 1. The molecule has 0 saturated carbocycles. The quantitative estimate of drug-likeness (QED) is 0.478. The van der Waals surface area contributed by atoms with Gasteiger partial charge < -0.3 is 5.11 Å². The van der Waals surface area contributed by atoms with E-state index in [1.54, 1.807) is 5.51 Å². The predicted molar refractivity (Wildman–Crippen MR) is 126 cm³/mol. The van der Waals surface area contributed by atoms with Crippen LogP contribution in [-0.4, -0.2) is 48.1 Å². The summed E-state index contributed by atoms with van der Waals surface area (Å²) in [7, 11) is 0. The summed E-state index contributed by atoms with van der Waals surface area (Å²) in [5.74, 6) is 1.16. The molecular weight excluding hydrogens is 436 g/mol. The number of rotatable bonds is 5. The van der Waals surface area contributed by atoms with E-state index in [2.05, 4.69) is 15.2 Å². The number of hydrogen-bond acceptors (Lipinski definition) is 6. The van der Waals surface area contributed by atoms with E-state index in [1.807, 2.05) is 73.0 Å². The molecule has 0 saturated heterocycles. The van der Waals surface area contributed by atoms with Gasteiger partial charge in [-0.3, -0.25) is 14.5 Å². The lowest BCUT2D eigenvalue weighted by molar-refractivity contribution is 0.124. The number of thiazole rings is 1. The molecule has 0 aliphatic carbocycles. The van der Waals surface area contributed by atoms with Gasteiger partial charge in [-0.15, -0.1) is 21.5 Å². The summed E-state index contributed by atoms with van der Waals surface area (Å²) in [6, 6.07) is 17.7. The third-order valence-electron chi connectivity index (χ3n) is 5.75. The van der Waals surface area contributed by atoms with E-state index in [1.165, 1.54) is 16.2 Å². The van der Waals surface area contributed by atoms with Crippen molar-refractivity contribution in [2.75, 3.05) is 6.54 Å². The summed E-state index contributed by atoms with van der Waals surface area (Å²) in [4.78, 5) is 24.2. The van der Waals surface area contributed by atoms with Gasteiger partial charge in [0.25, 0.3) is 0 Å². The largest absolute Gasteiger partial charge is 0.465 e. The number of fused-ring (bicyclic) bond motifs is 3. The summed E-state index contributed by atoms with van der Waals surface area (Å²) in [6.45, 7) is 4.06. The molecule has 0 spiro atoms. The van der Waals surface area contributed by atoms with Crippen molar-refractivity contribution in [3.63, 3.8) is 0 Å². The Morgan fingerprint density at radius 2 is 1.85 bits per heavy atom. The second-order valence-electron chi connectivity index (χ2n) is 7.76. The first-order valence-electron chi connectivity index (χ1n) is 10.6. The number of para-hydroxylation sites is 1. The highest BCUT2D eigenvalue weighted by atomic mass is 32.1. The Morgan fingerprint density at radius 1 is 1.09 bits per heavy atom. The first kappa shape index (κ1) is 21.0. The monoisotopic (exact) mass is 458 g/mol. The molecule has 2 aromatic heterocycles. The maximum Gasteiger partial charge on any atom is 0.409 e. The van der Waals surface area contributed by atoms with E-state index < -0.39 is 12.3 Å². The van der Waals surface area contributed by atoms with Crippen molar-refractivity contribution in [1.82, 2.24) is 24.6 Å². The Bertz CT molecular complexity index is 1340. The fraction of sp³-hybridized carbons (Fsp3) is 0.208. The molecule has 33 heavy (non-hydrogen) atoms. The van der Waals surface area contributed by atoms with Crippen molar-refractivity contribution in [3.8, 4) is 5.69 Å². The van der Waals surface area contributed by atoms with Crippen LogP contribution in [-0.2, 0) is 6.42 Å². The lowest BCUT2D eigenvalue weighted by atomic mass is 10.0. The molecule has 1 unspecified atom stereocenters. The Morgan fingerprint density at radius 3 is 2.58 bits per heavy atom. The van der Waals surface area contributed by atoms with Crippen LogP contribution in [0.15, 0.2) is 65.1 Å². The van der Waals surface area contributed by atoms with Crippen LogP contribution >= 0.6 is 11.3 Å². The van der Waals surface area contributed by atoms with Gasteiger partial charge in [-0.1, -0.05) is 48.5 Å². The number of carboxylic acid groups (broad SMARTS) is 1. The van der Waals surface area contributed by atoms with Gasteiger partial charge >= 0.3 is 6.09 Å². The van der Waals surface area contributed by atoms with Crippen molar-refractivity contribution in [2.45, 2.75) is 26.4 Å². The SMILES string of the molecule is Cc1ncsc1CCN(C(=O)O)C1N=C(c2ccccc2)c2ccccc2-n2c(C)nnc21. The topological polar surface area (TPSA) is 96.5 Å². The molecule has 1 N–H and O–H groups in total. The van der Waals surface area contributed by atoms with E-state index in [9.17, 15) is 9.90 Å². The summed E-state index contributed by atoms with van der Waals surface area (Å²) >= 11 is 1.53. The molecule has 3 heterocycles. The highest BCUT2D eigenvalue weighted by Crippen LogP contribution is 2.33. The Kier molecular flexibility index (Phi) is 5.47. The van der Waals surface area contributed by atoms with E-state index in [-0.39, 0.29) is 6.54 Å². The fourth-order valence-electron chi connectivity index (χ4n) is 4.11. The smallest absolute Gasteiger partial charge is 0.409 e. The molecule has 1 atom stereocenters. The van der Waals surface area contributed by atoms with Gasteiger partial charge in [0.15, 0.2) is 12.0 Å². The molecule has 5 rings (SSSR count). The molecule has 1 aliphatic heterocycles. The number of hydrogen-bond donors (Lipinski definition) is 1. The highest BCUT2D eigenvalue weighted by Gasteiger charge is 2.34. The second-order valence-corrected chi connectivity index (χ2v) is 8.70. The van der Waals surface area contributed by atoms with Crippen molar-refractivity contribution in [2.24, 2.45) is 4.99 Å². The Labute approximate surface area is 194 Å². The number of aromatic nitrogens is 4. The van der Waals surface area contributed by atoms with Crippen LogP contribution in [0.3, 0.4) is 0 Å². The highest BCUT2D eigenvalue weighted by molar-refractivity contribution is 7.09. The van der Waals surface area contributed by atoms with Crippen molar-refractivity contribution in [3.05, 3.63) is 93.5 Å². The van der Waals surface area contributed by atoms with Gasteiger partial charge in [0, 0.05) is 29.0 Å². The molecule has 0 radical (unpaired) electrons. The fourth-order valence-corrected chi connectivity index (χ4v) is 4.88. The average Bonchev–Trinajstić information content (AvgIpc) is 3.37. The minimum atomic E-state index is -1.06. The molecule has 0 fully saturated rings.